The van der Waals surface area contributed by atoms with Crippen LogP contribution in [0.3, 0.4) is 0 Å². The standard InChI is InChI=1S/C19H33N3O3S/c23-19(20-12-11-17-8-3-1-4-9-17)18-10-7-15-22(16-18)26(24,25)21-13-5-2-6-14-21/h8,18H,1-7,9-16H2,(H,20,23). The Morgan fingerprint density at radius 1 is 1.04 bits per heavy atom. The summed E-state index contributed by atoms with van der Waals surface area (Å²) in [6, 6.07) is 0. The minimum absolute atomic E-state index is 0.0138. The van der Waals surface area contributed by atoms with Crippen molar-refractivity contribution in [1.29, 1.82) is 0 Å². The molecule has 0 spiro atoms. The zero-order valence-electron chi connectivity index (χ0n) is 15.8. The van der Waals surface area contributed by atoms with Crippen LogP contribution in [0.5, 0.6) is 0 Å². The predicted octanol–water partition coefficient (Wildman–Crippen LogP) is 2.44. The second-order valence-electron chi connectivity index (χ2n) is 7.81. The largest absolute Gasteiger partial charge is 0.356 e. The third kappa shape index (κ3) is 5.08. The van der Waals surface area contributed by atoms with Crippen molar-refractivity contribution in [2.45, 2.75) is 64.2 Å². The number of amides is 1. The summed E-state index contributed by atoms with van der Waals surface area (Å²) in [5.74, 6) is -0.205. The van der Waals surface area contributed by atoms with E-state index in [0.29, 0.717) is 32.7 Å². The molecule has 1 N–H and O–H groups in total. The topological polar surface area (TPSA) is 69.7 Å². The molecule has 1 atom stereocenters. The van der Waals surface area contributed by atoms with E-state index in [4.69, 9.17) is 0 Å². The fourth-order valence-electron chi connectivity index (χ4n) is 4.25. The van der Waals surface area contributed by atoms with E-state index < -0.39 is 10.2 Å². The second kappa shape index (κ2) is 9.33. The lowest BCUT2D eigenvalue weighted by atomic mass is 9.96. The molecule has 26 heavy (non-hydrogen) atoms. The molecule has 1 amide bonds. The van der Waals surface area contributed by atoms with Crippen LogP contribution in [0.15, 0.2) is 11.6 Å². The first kappa shape index (κ1) is 19.8. The van der Waals surface area contributed by atoms with E-state index in [2.05, 4.69) is 11.4 Å². The fourth-order valence-corrected chi connectivity index (χ4v) is 6.02. The molecule has 3 aliphatic rings. The number of nitrogens with one attached hydrogen (secondary N) is 1. The number of hydrogen-bond donors (Lipinski definition) is 1. The van der Waals surface area contributed by atoms with Gasteiger partial charge in [0, 0.05) is 32.7 Å². The first-order chi connectivity index (χ1) is 12.6. The van der Waals surface area contributed by atoms with Gasteiger partial charge in [-0.1, -0.05) is 18.1 Å². The van der Waals surface area contributed by atoms with Gasteiger partial charge in [0.1, 0.15) is 0 Å². The number of carbonyl (C=O) groups is 1. The smallest absolute Gasteiger partial charge is 0.281 e. The van der Waals surface area contributed by atoms with Crippen molar-refractivity contribution in [3.8, 4) is 0 Å². The highest BCUT2D eigenvalue weighted by molar-refractivity contribution is 7.86. The number of hydrogen-bond acceptors (Lipinski definition) is 3. The normalized spacial score (nSPS) is 26.3. The van der Waals surface area contributed by atoms with Gasteiger partial charge in [-0.15, -0.1) is 0 Å². The number of piperidine rings is 2. The van der Waals surface area contributed by atoms with Crippen LogP contribution in [0.25, 0.3) is 0 Å². The molecule has 0 radical (unpaired) electrons. The van der Waals surface area contributed by atoms with E-state index in [1.165, 1.54) is 22.7 Å². The molecular weight excluding hydrogens is 350 g/mol. The summed E-state index contributed by atoms with van der Waals surface area (Å²) < 4.78 is 28.8. The molecule has 2 heterocycles. The van der Waals surface area contributed by atoms with Gasteiger partial charge in [0.15, 0.2) is 0 Å². The molecule has 0 aromatic heterocycles. The van der Waals surface area contributed by atoms with Crippen molar-refractivity contribution in [2.24, 2.45) is 5.92 Å². The number of rotatable bonds is 6. The van der Waals surface area contributed by atoms with Gasteiger partial charge >= 0.3 is 0 Å². The molecule has 148 valence electrons. The number of nitrogens with zero attached hydrogens (tertiary/aromatic N) is 2. The third-order valence-electron chi connectivity index (χ3n) is 5.85. The van der Waals surface area contributed by atoms with Gasteiger partial charge in [-0.3, -0.25) is 4.79 Å². The summed E-state index contributed by atoms with van der Waals surface area (Å²) in [5.41, 5.74) is 1.45. The van der Waals surface area contributed by atoms with E-state index in [1.54, 1.807) is 4.31 Å². The summed E-state index contributed by atoms with van der Waals surface area (Å²) in [4.78, 5) is 12.5. The van der Waals surface area contributed by atoms with Crippen LogP contribution >= 0.6 is 0 Å². The van der Waals surface area contributed by atoms with Crippen LogP contribution in [0, 0.1) is 5.92 Å². The Kier molecular flexibility index (Phi) is 7.12. The fraction of sp³-hybridized carbons (Fsp3) is 0.842. The molecule has 0 aromatic carbocycles. The quantitative estimate of drug-likeness (QED) is 0.716. The van der Waals surface area contributed by atoms with Gasteiger partial charge < -0.3 is 5.32 Å². The molecule has 3 rings (SSSR count). The SMILES string of the molecule is O=C(NCCC1=CCCCC1)C1CCCN(S(=O)(=O)N2CCCCC2)C1. The summed E-state index contributed by atoms with van der Waals surface area (Å²) in [7, 11) is -3.41. The molecule has 0 aromatic rings. The summed E-state index contributed by atoms with van der Waals surface area (Å²) in [5, 5.41) is 3.04. The highest BCUT2D eigenvalue weighted by Gasteiger charge is 2.36. The van der Waals surface area contributed by atoms with Gasteiger partial charge in [-0.05, 0) is 57.8 Å². The average molecular weight is 384 g/mol. The van der Waals surface area contributed by atoms with Crippen LogP contribution in [-0.2, 0) is 15.0 Å². The third-order valence-corrected chi connectivity index (χ3v) is 7.85. The van der Waals surface area contributed by atoms with Crippen LogP contribution < -0.4 is 5.32 Å². The summed E-state index contributed by atoms with van der Waals surface area (Å²) in [6.07, 6.45) is 12.6. The van der Waals surface area contributed by atoms with E-state index in [1.807, 2.05) is 0 Å². The molecule has 1 unspecified atom stereocenters. The Morgan fingerprint density at radius 3 is 2.54 bits per heavy atom. The van der Waals surface area contributed by atoms with E-state index in [-0.39, 0.29) is 11.8 Å². The highest BCUT2D eigenvalue weighted by Crippen LogP contribution is 2.24. The molecule has 6 nitrogen and oxygen atoms in total. The average Bonchev–Trinajstić information content (AvgIpc) is 2.69. The zero-order chi connectivity index (χ0) is 18.4. The molecular formula is C19H33N3O3S. The first-order valence-corrected chi connectivity index (χ1v) is 11.7. The molecule has 2 aliphatic heterocycles. The van der Waals surface area contributed by atoms with Gasteiger partial charge in [0.05, 0.1) is 5.92 Å². The van der Waals surface area contributed by atoms with Crippen molar-refractivity contribution in [1.82, 2.24) is 13.9 Å². The maximum atomic E-state index is 12.8. The van der Waals surface area contributed by atoms with Crippen molar-refractivity contribution in [3.05, 3.63) is 11.6 Å². The van der Waals surface area contributed by atoms with Gasteiger partial charge in [-0.2, -0.15) is 17.0 Å². The van der Waals surface area contributed by atoms with E-state index in [0.717, 1.165) is 51.4 Å². The van der Waals surface area contributed by atoms with Crippen LogP contribution in [0.2, 0.25) is 0 Å². The summed E-state index contributed by atoms with van der Waals surface area (Å²) >= 11 is 0. The first-order valence-electron chi connectivity index (χ1n) is 10.3. The van der Waals surface area contributed by atoms with Crippen molar-refractivity contribution in [2.75, 3.05) is 32.7 Å². The molecule has 2 fully saturated rings. The van der Waals surface area contributed by atoms with E-state index >= 15 is 0 Å². The maximum absolute atomic E-state index is 12.8. The Labute approximate surface area is 158 Å². The zero-order valence-corrected chi connectivity index (χ0v) is 16.6. The van der Waals surface area contributed by atoms with Gasteiger partial charge in [-0.25, -0.2) is 0 Å². The number of allylic oxidation sites excluding steroid dienone is 1. The highest BCUT2D eigenvalue weighted by atomic mass is 32.2. The minimum atomic E-state index is -3.41. The predicted molar refractivity (Wildman–Crippen MR) is 103 cm³/mol. The molecule has 0 bridgehead atoms. The lowest BCUT2D eigenvalue weighted by molar-refractivity contribution is -0.126. The van der Waals surface area contributed by atoms with Crippen LogP contribution in [-0.4, -0.2) is 55.7 Å². The van der Waals surface area contributed by atoms with Gasteiger partial charge in [0.25, 0.3) is 10.2 Å². The lowest BCUT2D eigenvalue weighted by Crippen LogP contribution is -2.51. The minimum Gasteiger partial charge on any atom is -0.356 e. The molecule has 0 saturated carbocycles. The Morgan fingerprint density at radius 2 is 1.81 bits per heavy atom. The van der Waals surface area contributed by atoms with Crippen LogP contribution in [0.4, 0.5) is 0 Å². The second-order valence-corrected chi connectivity index (χ2v) is 9.74. The number of carbonyl (C=O) groups excluding carboxylic acids is 1. The van der Waals surface area contributed by atoms with E-state index in [9.17, 15) is 13.2 Å². The Bertz CT molecular complexity index is 612. The lowest BCUT2D eigenvalue weighted by Gasteiger charge is -2.36. The summed E-state index contributed by atoms with van der Waals surface area (Å²) in [6.45, 7) is 2.76. The molecule has 2 saturated heterocycles. The molecule has 1 aliphatic carbocycles. The maximum Gasteiger partial charge on any atom is 0.281 e. The van der Waals surface area contributed by atoms with Crippen molar-refractivity contribution < 1.29 is 13.2 Å². The Hall–Kier alpha value is -0.920. The van der Waals surface area contributed by atoms with Crippen LogP contribution in [0.1, 0.15) is 64.2 Å². The van der Waals surface area contributed by atoms with Gasteiger partial charge in [0.2, 0.25) is 5.91 Å². The van der Waals surface area contributed by atoms with Crippen molar-refractivity contribution in [3.63, 3.8) is 0 Å². The monoisotopic (exact) mass is 383 g/mol. The Balaban J connectivity index is 1.49. The van der Waals surface area contributed by atoms with Crippen molar-refractivity contribution >= 4 is 16.1 Å². The molecule has 7 heteroatoms.